The molecule has 9 rings (SSSR count). The van der Waals surface area contributed by atoms with Crippen LogP contribution in [0.5, 0.6) is 0 Å². The summed E-state index contributed by atoms with van der Waals surface area (Å²) in [6, 6.07) is 40.5. The maximum atomic E-state index is 9.68. The quantitative estimate of drug-likeness (QED) is 0.202. The smallest absolute Gasteiger partial charge is 0.230 e. The molecule has 0 radical (unpaired) electrons. The number of hydrogen-bond acceptors (Lipinski definition) is 3. The van der Waals surface area contributed by atoms with Gasteiger partial charge in [-0.1, -0.05) is 66.7 Å². The van der Waals surface area contributed by atoms with Gasteiger partial charge in [0.25, 0.3) is 0 Å². The van der Waals surface area contributed by atoms with Gasteiger partial charge in [0.05, 0.1) is 34.9 Å². The minimum absolute atomic E-state index is 0.452. The first-order chi connectivity index (χ1) is 21.2. The number of nitrogens with zero attached hydrogens (tertiary/aromatic N) is 3. The van der Waals surface area contributed by atoms with Gasteiger partial charge in [0, 0.05) is 32.3 Å². The second-order valence-electron chi connectivity index (χ2n) is 10.7. The van der Waals surface area contributed by atoms with Gasteiger partial charge in [-0.05, 0) is 59.7 Å². The van der Waals surface area contributed by atoms with Gasteiger partial charge in [-0.3, -0.25) is 0 Å². The molecule has 0 aliphatic carbocycles. The van der Waals surface area contributed by atoms with E-state index >= 15 is 0 Å². The van der Waals surface area contributed by atoms with Crippen molar-refractivity contribution in [2.75, 3.05) is 0 Å². The lowest BCUT2D eigenvalue weighted by atomic mass is 9.97. The van der Waals surface area contributed by atoms with Crippen LogP contribution in [-0.2, 0) is 0 Å². The number of benzene rings is 6. The Balaban J connectivity index is 1.37. The van der Waals surface area contributed by atoms with Crippen molar-refractivity contribution in [1.82, 2.24) is 4.57 Å². The molecule has 9 aromatic rings. The second-order valence-corrected chi connectivity index (χ2v) is 10.7. The number of fused-ring (bicyclic) bond motifs is 9. The standard InChI is InChI=1S/C38H19N3O2/c1-40-30-20-23(24-10-7-15-35-36(24)28-9-3-5-14-34(28)42-35)19-29-27-11-6-13-32(38(27)43-37(29)30)41-31-12-4-2-8-25(31)26-17-16-22(21-39)18-33(26)41/h2-20H. The van der Waals surface area contributed by atoms with Gasteiger partial charge in [0.15, 0.2) is 5.58 Å². The molecular weight excluding hydrogens is 530 g/mol. The van der Waals surface area contributed by atoms with E-state index in [-0.39, 0.29) is 0 Å². The SMILES string of the molecule is [C-]#[N+]c1cc(-c2cccc3oc4ccccc4c23)cc2c1oc1c(-n3c4ccccc4c4ccc(C#N)cc43)cccc12. The van der Waals surface area contributed by atoms with Crippen molar-refractivity contribution in [3.05, 3.63) is 132 Å². The van der Waals surface area contributed by atoms with Crippen molar-refractivity contribution >= 4 is 71.4 Å². The van der Waals surface area contributed by atoms with Gasteiger partial charge < -0.3 is 13.4 Å². The molecule has 0 N–H and O–H groups in total. The first-order valence-electron chi connectivity index (χ1n) is 13.9. The van der Waals surface area contributed by atoms with Crippen LogP contribution in [0.1, 0.15) is 5.56 Å². The minimum atomic E-state index is 0.452. The highest BCUT2D eigenvalue weighted by Gasteiger charge is 2.21. The largest absolute Gasteiger partial charge is 0.465 e. The van der Waals surface area contributed by atoms with Crippen molar-refractivity contribution in [3.8, 4) is 22.9 Å². The van der Waals surface area contributed by atoms with Gasteiger partial charge in [0.1, 0.15) is 16.7 Å². The van der Waals surface area contributed by atoms with Gasteiger partial charge in [-0.15, -0.1) is 0 Å². The fourth-order valence-corrected chi connectivity index (χ4v) is 6.60. The first kappa shape index (κ1) is 23.4. The van der Waals surface area contributed by atoms with E-state index in [0.717, 1.165) is 71.3 Å². The molecule has 0 saturated heterocycles. The lowest BCUT2D eigenvalue weighted by Crippen LogP contribution is -1.94. The lowest BCUT2D eigenvalue weighted by Gasteiger charge is -2.08. The van der Waals surface area contributed by atoms with Gasteiger partial charge in [-0.25, -0.2) is 4.85 Å². The number of aromatic nitrogens is 1. The molecule has 3 aromatic heterocycles. The van der Waals surface area contributed by atoms with E-state index in [0.29, 0.717) is 22.4 Å². The Morgan fingerprint density at radius 1 is 0.628 bits per heavy atom. The van der Waals surface area contributed by atoms with Crippen LogP contribution >= 0.6 is 0 Å². The molecule has 0 spiro atoms. The van der Waals surface area contributed by atoms with Crippen LogP contribution in [0.2, 0.25) is 0 Å². The molecule has 0 bridgehead atoms. The van der Waals surface area contributed by atoms with Crippen LogP contribution in [0.3, 0.4) is 0 Å². The van der Waals surface area contributed by atoms with E-state index in [1.807, 2.05) is 84.9 Å². The highest BCUT2D eigenvalue weighted by Crippen LogP contribution is 2.44. The summed E-state index contributed by atoms with van der Waals surface area (Å²) in [6.45, 7) is 8.09. The Kier molecular flexibility index (Phi) is 4.68. The van der Waals surface area contributed by atoms with Crippen LogP contribution in [-0.4, -0.2) is 4.57 Å². The highest BCUT2D eigenvalue weighted by molar-refractivity contribution is 6.17. The van der Waals surface area contributed by atoms with Crippen LogP contribution in [0.4, 0.5) is 5.69 Å². The van der Waals surface area contributed by atoms with Crippen molar-refractivity contribution < 1.29 is 8.83 Å². The molecular formula is C38H19N3O2. The molecule has 0 saturated carbocycles. The molecule has 3 heterocycles. The summed E-state index contributed by atoms with van der Waals surface area (Å²) in [6.07, 6.45) is 0. The third-order valence-electron chi connectivity index (χ3n) is 8.44. The normalized spacial score (nSPS) is 11.7. The maximum absolute atomic E-state index is 9.68. The molecule has 0 fully saturated rings. The Morgan fingerprint density at radius 2 is 1.40 bits per heavy atom. The molecule has 5 nitrogen and oxygen atoms in total. The zero-order chi connectivity index (χ0) is 28.7. The molecule has 198 valence electrons. The van der Waals surface area contributed by atoms with Crippen molar-refractivity contribution in [3.63, 3.8) is 0 Å². The lowest BCUT2D eigenvalue weighted by molar-refractivity contribution is 0.668. The third-order valence-corrected chi connectivity index (χ3v) is 8.44. The molecule has 5 heteroatoms. The monoisotopic (exact) mass is 549 g/mol. The summed E-state index contributed by atoms with van der Waals surface area (Å²) in [5.74, 6) is 0. The number of para-hydroxylation sites is 3. The number of rotatable bonds is 2. The highest BCUT2D eigenvalue weighted by atomic mass is 16.3. The Bertz CT molecular complexity index is 2710. The predicted octanol–water partition coefficient (Wildman–Crippen LogP) is 10.7. The Morgan fingerprint density at radius 3 is 2.28 bits per heavy atom. The third kappa shape index (κ3) is 3.19. The Hall–Kier alpha value is -6.30. The summed E-state index contributed by atoms with van der Waals surface area (Å²) in [7, 11) is 0. The molecule has 0 amide bonds. The number of nitriles is 1. The summed E-state index contributed by atoms with van der Waals surface area (Å²) in [4.78, 5) is 3.92. The average molecular weight is 550 g/mol. The van der Waals surface area contributed by atoms with Crippen LogP contribution in [0.25, 0.3) is 87.3 Å². The van der Waals surface area contributed by atoms with Crippen LogP contribution < -0.4 is 0 Å². The second kappa shape index (κ2) is 8.60. The van der Waals surface area contributed by atoms with Gasteiger partial charge in [-0.2, -0.15) is 5.26 Å². The van der Waals surface area contributed by atoms with E-state index in [1.165, 1.54) is 0 Å². The minimum Gasteiger partial charge on any atom is -0.465 e. The molecule has 0 unspecified atom stereocenters. The predicted molar refractivity (Wildman–Crippen MR) is 172 cm³/mol. The zero-order valence-electron chi connectivity index (χ0n) is 22.6. The Labute approximate surface area is 244 Å². The summed E-state index contributed by atoms with van der Waals surface area (Å²) in [5, 5.41) is 15.7. The van der Waals surface area contributed by atoms with E-state index in [9.17, 15) is 5.26 Å². The van der Waals surface area contributed by atoms with Crippen molar-refractivity contribution in [1.29, 1.82) is 5.26 Å². The first-order valence-corrected chi connectivity index (χ1v) is 13.9. The maximum Gasteiger partial charge on any atom is 0.230 e. The fourth-order valence-electron chi connectivity index (χ4n) is 6.60. The molecule has 43 heavy (non-hydrogen) atoms. The summed E-state index contributed by atoms with van der Waals surface area (Å²) >= 11 is 0. The molecule has 6 aromatic carbocycles. The number of furan rings is 2. The van der Waals surface area contributed by atoms with Crippen molar-refractivity contribution in [2.45, 2.75) is 0 Å². The fraction of sp³-hybridized carbons (Fsp3) is 0. The van der Waals surface area contributed by atoms with E-state index in [2.05, 4.69) is 45.8 Å². The van der Waals surface area contributed by atoms with Gasteiger partial charge >= 0.3 is 0 Å². The molecule has 0 aliphatic rings. The molecule has 0 aliphatic heterocycles. The van der Waals surface area contributed by atoms with E-state index < -0.39 is 0 Å². The average Bonchev–Trinajstić information content (AvgIpc) is 3.73. The zero-order valence-corrected chi connectivity index (χ0v) is 22.6. The van der Waals surface area contributed by atoms with Gasteiger partial charge in [0.2, 0.25) is 5.69 Å². The summed E-state index contributed by atoms with van der Waals surface area (Å²) in [5.41, 5.74) is 8.68. The van der Waals surface area contributed by atoms with Crippen LogP contribution in [0, 0.1) is 17.9 Å². The molecule has 0 atom stereocenters. The van der Waals surface area contributed by atoms with Crippen molar-refractivity contribution in [2.24, 2.45) is 0 Å². The van der Waals surface area contributed by atoms with E-state index in [1.54, 1.807) is 0 Å². The summed E-state index contributed by atoms with van der Waals surface area (Å²) < 4.78 is 14.9. The topological polar surface area (TPSA) is 59.4 Å². The van der Waals surface area contributed by atoms with E-state index in [4.69, 9.17) is 15.4 Å². The van der Waals surface area contributed by atoms with Crippen LogP contribution in [0.15, 0.2) is 124 Å². The number of hydrogen-bond donors (Lipinski definition) is 0.